The summed E-state index contributed by atoms with van der Waals surface area (Å²) in [5, 5.41) is 0. The molecule has 0 N–H and O–H groups in total. The van der Waals surface area contributed by atoms with Crippen molar-refractivity contribution in [2.45, 2.75) is 31.6 Å². The Labute approximate surface area is 153 Å². The number of aromatic nitrogens is 2. The number of hydrogen-bond donors (Lipinski definition) is 0. The van der Waals surface area contributed by atoms with Gasteiger partial charge in [-0.3, -0.25) is 0 Å². The molecule has 2 aromatic carbocycles. The minimum Gasteiger partial charge on any atom is -0.358 e. The van der Waals surface area contributed by atoms with Crippen molar-refractivity contribution in [1.29, 1.82) is 0 Å². The van der Waals surface area contributed by atoms with Crippen LogP contribution in [0.25, 0.3) is 11.4 Å². The summed E-state index contributed by atoms with van der Waals surface area (Å²) in [6, 6.07) is 17.5. The largest absolute Gasteiger partial charge is 0.358 e. The van der Waals surface area contributed by atoms with Gasteiger partial charge >= 0.3 is 10.1 Å². The van der Waals surface area contributed by atoms with Crippen LogP contribution in [0.2, 0.25) is 0 Å². The number of aryl methyl sites for hydroxylation is 1. The molecule has 3 aromatic rings. The molecule has 26 heavy (non-hydrogen) atoms. The van der Waals surface area contributed by atoms with Crippen LogP contribution in [0.4, 0.5) is 0 Å². The first-order valence-corrected chi connectivity index (χ1v) is 9.71. The molecule has 6 heteroatoms. The van der Waals surface area contributed by atoms with E-state index in [2.05, 4.69) is 9.97 Å². The van der Waals surface area contributed by atoms with Crippen molar-refractivity contribution in [1.82, 2.24) is 9.97 Å². The average Bonchev–Trinajstić information content (AvgIpc) is 2.62. The van der Waals surface area contributed by atoms with E-state index < -0.39 is 10.1 Å². The first-order valence-electron chi connectivity index (χ1n) is 8.31. The Balaban J connectivity index is 2.01. The molecule has 0 saturated carbocycles. The van der Waals surface area contributed by atoms with Gasteiger partial charge in [0, 0.05) is 11.6 Å². The standard InChI is InChI=1S/C20H20N2O3S/c1-14(2)18-13-19(22-20(21-18)16-7-5-4-6-8-16)25-26(23,24)17-11-9-15(3)10-12-17/h4-14H,1-3H3. The Bertz CT molecular complexity index is 999. The van der Waals surface area contributed by atoms with Gasteiger partial charge in [-0.25, -0.2) is 4.98 Å². The van der Waals surface area contributed by atoms with Crippen LogP contribution in [0.1, 0.15) is 31.0 Å². The van der Waals surface area contributed by atoms with Gasteiger partial charge in [0.05, 0.1) is 5.69 Å². The quantitative estimate of drug-likeness (QED) is 0.627. The van der Waals surface area contributed by atoms with Crippen molar-refractivity contribution in [3.05, 3.63) is 71.9 Å². The first kappa shape index (κ1) is 18.1. The number of benzene rings is 2. The molecule has 0 radical (unpaired) electrons. The summed E-state index contributed by atoms with van der Waals surface area (Å²) >= 11 is 0. The molecule has 1 aromatic heterocycles. The summed E-state index contributed by atoms with van der Waals surface area (Å²) in [5.74, 6) is 0.555. The lowest BCUT2D eigenvalue weighted by atomic mass is 10.1. The van der Waals surface area contributed by atoms with E-state index in [1.165, 1.54) is 12.1 Å². The number of hydrogen-bond acceptors (Lipinski definition) is 5. The predicted octanol–water partition coefficient (Wildman–Crippen LogP) is 4.34. The van der Waals surface area contributed by atoms with Gasteiger partial charge in [-0.15, -0.1) is 0 Å². The van der Waals surface area contributed by atoms with Gasteiger partial charge in [0.2, 0.25) is 5.88 Å². The zero-order valence-corrected chi connectivity index (χ0v) is 15.7. The molecule has 0 fully saturated rings. The van der Waals surface area contributed by atoms with E-state index in [9.17, 15) is 8.42 Å². The third-order valence-corrected chi connectivity index (χ3v) is 5.09. The van der Waals surface area contributed by atoms with Gasteiger partial charge < -0.3 is 4.18 Å². The highest BCUT2D eigenvalue weighted by Gasteiger charge is 2.19. The Hall–Kier alpha value is -2.73. The maximum absolute atomic E-state index is 12.6. The van der Waals surface area contributed by atoms with Gasteiger partial charge in [0.15, 0.2) is 5.82 Å². The lowest BCUT2D eigenvalue weighted by Crippen LogP contribution is -2.12. The first-order chi connectivity index (χ1) is 12.3. The Morgan fingerprint density at radius 1 is 0.923 bits per heavy atom. The van der Waals surface area contributed by atoms with Gasteiger partial charge in [-0.2, -0.15) is 13.4 Å². The molecule has 0 saturated heterocycles. The van der Waals surface area contributed by atoms with E-state index in [4.69, 9.17) is 4.18 Å². The van der Waals surface area contributed by atoms with Crippen LogP contribution in [0.3, 0.4) is 0 Å². The maximum Gasteiger partial charge on any atom is 0.340 e. The Morgan fingerprint density at radius 3 is 2.19 bits per heavy atom. The van der Waals surface area contributed by atoms with E-state index in [-0.39, 0.29) is 16.7 Å². The third kappa shape index (κ3) is 4.08. The van der Waals surface area contributed by atoms with E-state index in [0.717, 1.165) is 11.1 Å². The molecule has 1 heterocycles. The number of rotatable bonds is 5. The highest BCUT2D eigenvalue weighted by molar-refractivity contribution is 7.87. The second-order valence-electron chi connectivity index (χ2n) is 6.33. The molecule has 5 nitrogen and oxygen atoms in total. The van der Waals surface area contributed by atoms with Crippen molar-refractivity contribution < 1.29 is 12.6 Å². The predicted molar refractivity (Wildman–Crippen MR) is 101 cm³/mol. The number of nitrogens with zero attached hydrogens (tertiary/aromatic N) is 2. The Kier molecular flexibility index (Phi) is 5.04. The summed E-state index contributed by atoms with van der Waals surface area (Å²) in [6.07, 6.45) is 0. The minimum atomic E-state index is -3.96. The fraction of sp³-hybridized carbons (Fsp3) is 0.200. The van der Waals surface area contributed by atoms with E-state index in [1.807, 2.05) is 51.1 Å². The van der Waals surface area contributed by atoms with Crippen molar-refractivity contribution in [2.24, 2.45) is 0 Å². The maximum atomic E-state index is 12.6. The fourth-order valence-electron chi connectivity index (χ4n) is 2.36. The van der Waals surface area contributed by atoms with Crippen molar-refractivity contribution in [3.8, 4) is 17.3 Å². The van der Waals surface area contributed by atoms with Crippen LogP contribution < -0.4 is 4.18 Å². The van der Waals surface area contributed by atoms with Crippen molar-refractivity contribution in [3.63, 3.8) is 0 Å². The molecule has 0 spiro atoms. The molecule has 0 aliphatic heterocycles. The molecule has 0 aliphatic carbocycles. The monoisotopic (exact) mass is 368 g/mol. The molecular weight excluding hydrogens is 348 g/mol. The summed E-state index contributed by atoms with van der Waals surface area (Å²) < 4.78 is 30.4. The van der Waals surface area contributed by atoms with Gasteiger partial charge in [0.1, 0.15) is 4.90 Å². The van der Waals surface area contributed by atoms with Gasteiger partial charge in [-0.1, -0.05) is 61.9 Å². The van der Waals surface area contributed by atoms with Crippen LogP contribution in [-0.2, 0) is 10.1 Å². The van der Waals surface area contributed by atoms with Crippen LogP contribution in [0.15, 0.2) is 65.6 Å². The van der Waals surface area contributed by atoms with Crippen LogP contribution in [-0.4, -0.2) is 18.4 Å². The summed E-state index contributed by atoms with van der Waals surface area (Å²) in [7, 11) is -3.96. The normalized spacial score (nSPS) is 11.5. The topological polar surface area (TPSA) is 69.2 Å². The zero-order valence-electron chi connectivity index (χ0n) is 14.9. The minimum absolute atomic E-state index is 0.0168. The molecule has 0 amide bonds. The molecule has 0 aliphatic rings. The van der Waals surface area contributed by atoms with Crippen LogP contribution in [0.5, 0.6) is 5.88 Å². The van der Waals surface area contributed by atoms with Gasteiger partial charge in [-0.05, 0) is 25.0 Å². The summed E-state index contributed by atoms with van der Waals surface area (Å²) in [5.41, 5.74) is 2.49. The second-order valence-corrected chi connectivity index (χ2v) is 7.87. The highest BCUT2D eigenvalue weighted by Crippen LogP contribution is 2.25. The second kappa shape index (κ2) is 7.25. The van der Waals surface area contributed by atoms with E-state index >= 15 is 0 Å². The molecule has 0 unspecified atom stereocenters. The lowest BCUT2D eigenvalue weighted by molar-refractivity contribution is 0.474. The SMILES string of the molecule is Cc1ccc(S(=O)(=O)Oc2cc(C(C)C)nc(-c3ccccc3)n2)cc1. The highest BCUT2D eigenvalue weighted by atomic mass is 32.2. The average molecular weight is 368 g/mol. The summed E-state index contributed by atoms with van der Waals surface area (Å²) in [6.45, 7) is 5.85. The smallest absolute Gasteiger partial charge is 0.340 e. The molecule has 0 atom stereocenters. The van der Waals surface area contributed by atoms with Crippen LogP contribution in [0, 0.1) is 6.92 Å². The molecule has 0 bridgehead atoms. The van der Waals surface area contributed by atoms with Crippen LogP contribution >= 0.6 is 0 Å². The van der Waals surface area contributed by atoms with E-state index in [1.54, 1.807) is 18.2 Å². The fourth-order valence-corrected chi connectivity index (χ4v) is 3.24. The third-order valence-electron chi connectivity index (χ3n) is 3.85. The molecular formula is C20H20N2O3S. The van der Waals surface area contributed by atoms with E-state index in [0.29, 0.717) is 11.5 Å². The lowest BCUT2D eigenvalue weighted by Gasteiger charge is -2.11. The van der Waals surface area contributed by atoms with Crippen molar-refractivity contribution >= 4 is 10.1 Å². The van der Waals surface area contributed by atoms with Gasteiger partial charge in [0.25, 0.3) is 0 Å². The van der Waals surface area contributed by atoms with Crippen molar-refractivity contribution in [2.75, 3.05) is 0 Å². The zero-order chi connectivity index (χ0) is 18.7. The Morgan fingerprint density at radius 2 is 1.58 bits per heavy atom. The summed E-state index contributed by atoms with van der Waals surface area (Å²) in [4.78, 5) is 8.93. The molecule has 3 rings (SSSR count). The molecule has 134 valence electrons.